The van der Waals surface area contributed by atoms with Crippen LogP contribution in [0.5, 0.6) is 0 Å². The molecule has 0 amide bonds. The number of aliphatic hydroxyl groups excluding tert-OH is 2. The van der Waals surface area contributed by atoms with Crippen molar-refractivity contribution in [2.45, 2.75) is 37.6 Å². The van der Waals surface area contributed by atoms with E-state index in [1.165, 1.54) is 12.3 Å². The molecule has 2 N–H and O–H groups in total. The van der Waals surface area contributed by atoms with Crippen molar-refractivity contribution in [1.82, 2.24) is 14.8 Å². The van der Waals surface area contributed by atoms with Gasteiger partial charge in [0.1, 0.15) is 11.9 Å². The van der Waals surface area contributed by atoms with E-state index in [0.29, 0.717) is 12.5 Å². The highest BCUT2D eigenvalue weighted by Gasteiger charge is 2.35. The van der Waals surface area contributed by atoms with Crippen molar-refractivity contribution in [2.24, 2.45) is 5.92 Å². The number of nitrogens with zero attached hydrogens (tertiary/aromatic N) is 3. The molecular formula is C18H28FN3O3. The van der Waals surface area contributed by atoms with Gasteiger partial charge in [0.2, 0.25) is 0 Å². The van der Waals surface area contributed by atoms with E-state index in [-0.39, 0.29) is 18.5 Å². The smallest absolute Gasteiger partial charge is 0.141 e. The first kappa shape index (κ1) is 18.7. The molecule has 0 unspecified atom stereocenters. The number of likely N-dealkylation sites (tertiary alicyclic amines) is 1. The molecule has 3 atom stereocenters. The van der Waals surface area contributed by atoms with E-state index < -0.39 is 12.2 Å². The van der Waals surface area contributed by atoms with Crippen LogP contribution in [0, 0.1) is 11.7 Å². The fraction of sp³-hybridized carbons (Fsp3) is 0.722. The van der Waals surface area contributed by atoms with Crippen molar-refractivity contribution in [3.8, 4) is 0 Å². The lowest BCUT2D eigenvalue weighted by Crippen LogP contribution is -2.56. The van der Waals surface area contributed by atoms with Crippen LogP contribution in [0.3, 0.4) is 0 Å². The SMILES string of the molecule is CN(CC1CCN(Cc2ccc(F)cn2)CC1)[C@@H]1COC[C@@H](O)[C@H]1O. The molecule has 25 heavy (non-hydrogen) atoms. The Hall–Kier alpha value is -1.12. The molecule has 0 spiro atoms. The number of rotatable bonds is 5. The molecule has 0 radical (unpaired) electrons. The van der Waals surface area contributed by atoms with E-state index in [1.54, 1.807) is 6.07 Å². The summed E-state index contributed by atoms with van der Waals surface area (Å²) in [7, 11) is 1.99. The number of hydrogen-bond donors (Lipinski definition) is 2. The van der Waals surface area contributed by atoms with Crippen LogP contribution in [0.15, 0.2) is 18.3 Å². The van der Waals surface area contributed by atoms with Crippen LogP contribution >= 0.6 is 0 Å². The van der Waals surface area contributed by atoms with Crippen LogP contribution in [0.1, 0.15) is 18.5 Å². The molecule has 3 rings (SSSR count). The van der Waals surface area contributed by atoms with Crippen LogP contribution in [-0.4, -0.2) is 83.1 Å². The highest BCUT2D eigenvalue weighted by Crippen LogP contribution is 2.22. The zero-order valence-electron chi connectivity index (χ0n) is 14.7. The molecule has 140 valence electrons. The second-order valence-electron chi connectivity index (χ2n) is 7.29. The predicted octanol–water partition coefficient (Wildman–Crippen LogP) is 0.485. The van der Waals surface area contributed by atoms with Gasteiger partial charge in [0.25, 0.3) is 0 Å². The fourth-order valence-electron chi connectivity index (χ4n) is 3.75. The van der Waals surface area contributed by atoms with Crippen molar-refractivity contribution >= 4 is 0 Å². The molecule has 2 saturated heterocycles. The summed E-state index contributed by atoms with van der Waals surface area (Å²) in [6.45, 7) is 4.30. The largest absolute Gasteiger partial charge is 0.389 e. The fourth-order valence-corrected chi connectivity index (χ4v) is 3.75. The second-order valence-corrected chi connectivity index (χ2v) is 7.29. The number of piperidine rings is 1. The predicted molar refractivity (Wildman–Crippen MR) is 91.4 cm³/mol. The molecule has 0 aliphatic carbocycles. The molecule has 2 aliphatic rings. The van der Waals surface area contributed by atoms with Gasteiger partial charge in [-0.3, -0.25) is 14.8 Å². The van der Waals surface area contributed by atoms with E-state index >= 15 is 0 Å². The van der Waals surface area contributed by atoms with E-state index in [9.17, 15) is 14.6 Å². The second kappa shape index (κ2) is 8.51. The van der Waals surface area contributed by atoms with Gasteiger partial charge in [-0.1, -0.05) is 0 Å². The molecule has 2 fully saturated rings. The van der Waals surface area contributed by atoms with Crippen LogP contribution in [0.4, 0.5) is 4.39 Å². The zero-order valence-corrected chi connectivity index (χ0v) is 14.7. The standard InChI is InChI=1S/C18H28FN3O3/c1-21(16-11-25-12-17(23)18(16)24)9-13-4-6-22(7-5-13)10-15-3-2-14(19)8-20-15/h2-3,8,13,16-18,23-24H,4-7,9-12H2,1H3/t16-,17-,18+/m1/s1. The first-order chi connectivity index (χ1) is 12.0. The van der Waals surface area contributed by atoms with Crippen molar-refractivity contribution in [2.75, 3.05) is 39.9 Å². The molecule has 1 aromatic heterocycles. The van der Waals surface area contributed by atoms with E-state index in [2.05, 4.69) is 14.8 Å². The van der Waals surface area contributed by atoms with Crippen molar-refractivity contribution in [3.63, 3.8) is 0 Å². The Morgan fingerprint density at radius 2 is 2.04 bits per heavy atom. The summed E-state index contributed by atoms with van der Waals surface area (Å²) in [5, 5.41) is 19.9. The van der Waals surface area contributed by atoms with Crippen LogP contribution in [0.25, 0.3) is 0 Å². The van der Waals surface area contributed by atoms with Gasteiger partial charge >= 0.3 is 0 Å². The molecule has 0 saturated carbocycles. The summed E-state index contributed by atoms with van der Waals surface area (Å²) in [5.74, 6) is 0.262. The highest BCUT2D eigenvalue weighted by atomic mass is 19.1. The Labute approximate surface area is 148 Å². The maximum atomic E-state index is 12.9. The third kappa shape index (κ3) is 4.95. The topological polar surface area (TPSA) is 69.1 Å². The maximum absolute atomic E-state index is 12.9. The van der Waals surface area contributed by atoms with Crippen LogP contribution in [0.2, 0.25) is 0 Å². The Morgan fingerprint density at radius 1 is 1.28 bits per heavy atom. The zero-order chi connectivity index (χ0) is 17.8. The lowest BCUT2D eigenvalue weighted by molar-refractivity contribution is -0.130. The Kier molecular flexibility index (Phi) is 6.35. The summed E-state index contributed by atoms with van der Waals surface area (Å²) in [6.07, 6.45) is 1.88. The van der Waals surface area contributed by atoms with Gasteiger partial charge in [-0.15, -0.1) is 0 Å². The number of likely N-dealkylation sites (N-methyl/N-ethyl adjacent to an activating group) is 1. The van der Waals surface area contributed by atoms with Gasteiger partial charge in [0.05, 0.1) is 37.3 Å². The Bertz CT molecular complexity index is 537. The van der Waals surface area contributed by atoms with E-state index in [0.717, 1.165) is 44.7 Å². The number of pyridine rings is 1. The van der Waals surface area contributed by atoms with Crippen molar-refractivity contribution < 1.29 is 19.3 Å². The van der Waals surface area contributed by atoms with Crippen molar-refractivity contribution in [1.29, 1.82) is 0 Å². The number of aliphatic hydroxyl groups is 2. The first-order valence-electron chi connectivity index (χ1n) is 9.00. The minimum atomic E-state index is -0.800. The van der Waals surface area contributed by atoms with E-state index in [1.807, 2.05) is 7.05 Å². The van der Waals surface area contributed by atoms with E-state index in [4.69, 9.17) is 4.74 Å². The average Bonchev–Trinajstić information content (AvgIpc) is 2.61. The molecule has 3 heterocycles. The first-order valence-corrected chi connectivity index (χ1v) is 9.00. The number of aromatic nitrogens is 1. The van der Waals surface area contributed by atoms with Gasteiger partial charge in [-0.05, 0) is 51.0 Å². The molecular weight excluding hydrogens is 325 g/mol. The van der Waals surface area contributed by atoms with Gasteiger partial charge in [0.15, 0.2) is 0 Å². The monoisotopic (exact) mass is 353 g/mol. The normalized spacial score (nSPS) is 29.2. The third-order valence-electron chi connectivity index (χ3n) is 5.36. The quantitative estimate of drug-likeness (QED) is 0.803. The summed E-state index contributed by atoms with van der Waals surface area (Å²) >= 11 is 0. The lowest BCUT2D eigenvalue weighted by Gasteiger charge is -2.40. The minimum absolute atomic E-state index is 0.148. The number of ether oxygens (including phenoxy) is 1. The molecule has 1 aromatic rings. The summed E-state index contributed by atoms with van der Waals surface area (Å²) in [6, 6.07) is 3.05. The lowest BCUT2D eigenvalue weighted by atomic mass is 9.94. The minimum Gasteiger partial charge on any atom is -0.389 e. The number of hydrogen-bond acceptors (Lipinski definition) is 6. The summed E-state index contributed by atoms with van der Waals surface area (Å²) in [5.41, 5.74) is 0.897. The highest BCUT2D eigenvalue weighted by molar-refractivity contribution is 5.05. The third-order valence-corrected chi connectivity index (χ3v) is 5.36. The average molecular weight is 353 g/mol. The molecule has 6 nitrogen and oxygen atoms in total. The molecule has 0 bridgehead atoms. The van der Waals surface area contributed by atoms with Gasteiger partial charge in [-0.2, -0.15) is 0 Å². The Morgan fingerprint density at radius 3 is 2.72 bits per heavy atom. The van der Waals surface area contributed by atoms with Crippen LogP contribution in [-0.2, 0) is 11.3 Å². The summed E-state index contributed by atoms with van der Waals surface area (Å²) < 4.78 is 18.3. The summed E-state index contributed by atoms with van der Waals surface area (Å²) in [4.78, 5) is 8.59. The molecule has 2 aliphatic heterocycles. The van der Waals surface area contributed by atoms with Gasteiger partial charge < -0.3 is 14.9 Å². The molecule has 0 aromatic carbocycles. The Balaban J connectivity index is 1.43. The van der Waals surface area contributed by atoms with Gasteiger partial charge in [-0.25, -0.2) is 4.39 Å². The van der Waals surface area contributed by atoms with Crippen molar-refractivity contribution in [3.05, 3.63) is 29.8 Å². The number of halogens is 1. The van der Waals surface area contributed by atoms with Gasteiger partial charge in [0, 0.05) is 13.1 Å². The maximum Gasteiger partial charge on any atom is 0.141 e. The molecule has 7 heteroatoms. The van der Waals surface area contributed by atoms with Crippen LogP contribution < -0.4 is 0 Å².